The van der Waals surface area contributed by atoms with E-state index in [1.165, 1.54) is 19.2 Å². The molecule has 4 nitrogen and oxygen atoms in total. The smallest absolute Gasteiger partial charge is 0.248 e. The molecule has 2 N–H and O–H groups in total. The van der Waals surface area contributed by atoms with Crippen molar-refractivity contribution in [2.24, 2.45) is 11.7 Å². The Morgan fingerprint density at radius 2 is 1.96 bits per heavy atom. The van der Waals surface area contributed by atoms with Crippen molar-refractivity contribution in [1.82, 2.24) is 0 Å². The van der Waals surface area contributed by atoms with Gasteiger partial charge in [0.1, 0.15) is 17.3 Å². The first kappa shape index (κ1) is 16.8. The number of hydrogen-bond acceptors (Lipinski definition) is 3. The summed E-state index contributed by atoms with van der Waals surface area (Å²) in [5, 5.41) is 0. The summed E-state index contributed by atoms with van der Waals surface area (Å²) in [6.45, 7) is 4.51. The molecule has 0 saturated carbocycles. The van der Waals surface area contributed by atoms with E-state index < -0.39 is 11.7 Å². The molecule has 0 saturated heterocycles. The second-order valence-electron chi connectivity index (χ2n) is 5.66. The first-order valence-electron chi connectivity index (χ1n) is 7.32. The van der Waals surface area contributed by atoms with Crippen molar-refractivity contribution in [2.45, 2.75) is 13.8 Å². The number of primary amides is 1. The molecule has 2 aromatic rings. The first-order chi connectivity index (χ1) is 10.9. The van der Waals surface area contributed by atoms with E-state index in [-0.39, 0.29) is 0 Å². The van der Waals surface area contributed by atoms with Crippen LogP contribution in [0.2, 0.25) is 0 Å². The van der Waals surface area contributed by atoms with Crippen LogP contribution in [-0.2, 0) is 0 Å². The summed E-state index contributed by atoms with van der Waals surface area (Å²) in [4.78, 5) is 11.4. The van der Waals surface area contributed by atoms with Crippen molar-refractivity contribution in [3.05, 3.63) is 47.8 Å². The topological polar surface area (TPSA) is 61.5 Å². The van der Waals surface area contributed by atoms with Gasteiger partial charge in [-0.1, -0.05) is 13.8 Å². The van der Waals surface area contributed by atoms with E-state index in [1.807, 2.05) is 13.8 Å². The lowest BCUT2D eigenvalue weighted by Gasteiger charge is -2.13. The molecule has 2 aromatic carbocycles. The zero-order chi connectivity index (χ0) is 17.0. The van der Waals surface area contributed by atoms with Crippen LogP contribution in [0.15, 0.2) is 36.4 Å². The molecule has 2 rings (SSSR count). The molecule has 5 heteroatoms. The van der Waals surface area contributed by atoms with Gasteiger partial charge < -0.3 is 15.2 Å². The summed E-state index contributed by atoms with van der Waals surface area (Å²) in [6.07, 6.45) is 0. The summed E-state index contributed by atoms with van der Waals surface area (Å²) < 4.78 is 24.8. The summed E-state index contributed by atoms with van der Waals surface area (Å²) in [7, 11) is 1.51. The van der Waals surface area contributed by atoms with E-state index in [1.54, 1.807) is 24.3 Å². The van der Waals surface area contributed by atoms with Gasteiger partial charge in [0, 0.05) is 17.2 Å². The summed E-state index contributed by atoms with van der Waals surface area (Å²) >= 11 is 0. The molecule has 0 spiro atoms. The molecular weight excluding hydrogens is 297 g/mol. The van der Waals surface area contributed by atoms with Crippen molar-refractivity contribution in [1.29, 1.82) is 0 Å². The van der Waals surface area contributed by atoms with E-state index in [4.69, 9.17) is 15.2 Å². The maximum absolute atomic E-state index is 13.9. The number of rotatable bonds is 6. The monoisotopic (exact) mass is 317 g/mol. The van der Waals surface area contributed by atoms with Crippen molar-refractivity contribution >= 4 is 5.91 Å². The quantitative estimate of drug-likeness (QED) is 0.885. The largest absolute Gasteiger partial charge is 0.496 e. The van der Waals surface area contributed by atoms with Crippen molar-refractivity contribution in [3.63, 3.8) is 0 Å². The minimum Gasteiger partial charge on any atom is -0.496 e. The number of ether oxygens (including phenoxy) is 2. The standard InChI is InChI=1S/C18H20FNO3/c1-11(2)10-23-15-7-13(6-14(19)9-15)16-8-12(18(20)21)4-5-17(16)22-3/h4-9,11H,10H2,1-3H3,(H2,20,21). The molecule has 0 unspecified atom stereocenters. The predicted molar refractivity (Wildman–Crippen MR) is 87.2 cm³/mol. The third kappa shape index (κ3) is 4.22. The lowest BCUT2D eigenvalue weighted by Crippen LogP contribution is -2.11. The number of amides is 1. The molecule has 0 aliphatic rings. The Balaban J connectivity index is 2.48. The second-order valence-corrected chi connectivity index (χ2v) is 5.66. The van der Waals surface area contributed by atoms with Crippen molar-refractivity contribution in [2.75, 3.05) is 13.7 Å². The fourth-order valence-corrected chi connectivity index (χ4v) is 2.15. The number of carbonyl (C=O) groups is 1. The highest BCUT2D eigenvalue weighted by atomic mass is 19.1. The zero-order valence-corrected chi connectivity index (χ0v) is 13.4. The predicted octanol–water partition coefficient (Wildman–Crippen LogP) is 3.64. The number of hydrogen-bond donors (Lipinski definition) is 1. The van der Waals surface area contributed by atoms with E-state index in [9.17, 15) is 9.18 Å². The molecule has 122 valence electrons. The Hall–Kier alpha value is -2.56. The minimum atomic E-state index is -0.554. The highest BCUT2D eigenvalue weighted by Gasteiger charge is 2.12. The van der Waals surface area contributed by atoms with Crippen molar-refractivity contribution in [3.8, 4) is 22.6 Å². The van der Waals surface area contributed by atoms with Crippen molar-refractivity contribution < 1.29 is 18.7 Å². The molecule has 0 fully saturated rings. The highest BCUT2D eigenvalue weighted by Crippen LogP contribution is 2.33. The second kappa shape index (κ2) is 7.13. The molecular formula is C18H20FNO3. The van der Waals surface area contributed by atoms with Gasteiger partial charge in [-0.2, -0.15) is 0 Å². The van der Waals surface area contributed by atoms with Gasteiger partial charge in [0.15, 0.2) is 0 Å². The van der Waals surface area contributed by atoms with E-state index >= 15 is 0 Å². The third-order valence-electron chi connectivity index (χ3n) is 3.25. The Bertz CT molecular complexity index is 713. The van der Waals surface area contributed by atoms with Gasteiger partial charge in [-0.15, -0.1) is 0 Å². The lowest BCUT2D eigenvalue weighted by molar-refractivity contribution is 0.100. The fourth-order valence-electron chi connectivity index (χ4n) is 2.15. The van der Waals surface area contributed by atoms with Gasteiger partial charge in [-0.3, -0.25) is 4.79 Å². The van der Waals surface area contributed by atoms with Crippen LogP contribution in [0.1, 0.15) is 24.2 Å². The van der Waals surface area contributed by atoms with Crippen LogP contribution in [-0.4, -0.2) is 19.6 Å². The molecule has 0 bridgehead atoms. The molecule has 0 aromatic heterocycles. The number of benzene rings is 2. The van der Waals surface area contributed by atoms with Gasteiger partial charge in [-0.05, 0) is 41.8 Å². The van der Waals surface area contributed by atoms with Crippen LogP contribution in [0.5, 0.6) is 11.5 Å². The van der Waals surface area contributed by atoms with Gasteiger partial charge in [0.05, 0.1) is 13.7 Å². The maximum atomic E-state index is 13.9. The van der Waals surface area contributed by atoms with Crippen LogP contribution in [0, 0.1) is 11.7 Å². The molecule has 0 aliphatic heterocycles. The highest BCUT2D eigenvalue weighted by molar-refractivity contribution is 5.95. The zero-order valence-electron chi connectivity index (χ0n) is 13.4. The Morgan fingerprint density at radius 3 is 2.57 bits per heavy atom. The number of nitrogens with two attached hydrogens (primary N) is 1. The Morgan fingerprint density at radius 1 is 1.22 bits per heavy atom. The van der Waals surface area contributed by atoms with Crippen LogP contribution in [0.4, 0.5) is 4.39 Å². The first-order valence-corrected chi connectivity index (χ1v) is 7.32. The SMILES string of the molecule is COc1ccc(C(N)=O)cc1-c1cc(F)cc(OCC(C)C)c1. The van der Waals surface area contributed by atoms with Crippen LogP contribution < -0.4 is 15.2 Å². The lowest BCUT2D eigenvalue weighted by atomic mass is 10.0. The molecule has 23 heavy (non-hydrogen) atoms. The normalized spacial score (nSPS) is 10.7. The molecule has 0 heterocycles. The van der Waals surface area contributed by atoms with Crippen LogP contribution in [0.3, 0.4) is 0 Å². The average Bonchev–Trinajstić information content (AvgIpc) is 2.51. The van der Waals surface area contributed by atoms with Gasteiger partial charge in [-0.25, -0.2) is 4.39 Å². The Kier molecular flexibility index (Phi) is 5.21. The summed E-state index contributed by atoms with van der Waals surface area (Å²) in [5.74, 6) is 0.305. The minimum absolute atomic E-state index is 0.328. The summed E-state index contributed by atoms with van der Waals surface area (Å²) in [5.41, 5.74) is 6.78. The Labute approximate surface area is 135 Å². The molecule has 0 radical (unpaired) electrons. The van der Waals surface area contributed by atoms with Gasteiger partial charge in [0.25, 0.3) is 0 Å². The molecule has 0 atom stereocenters. The van der Waals surface area contributed by atoms with Gasteiger partial charge >= 0.3 is 0 Å². The number of carbonyl (C=O) groups excluding carboxylic acids is 1. The van der Waals surface area contributed by atoms with E-state index in [2.05, 4.69) is 0 Å². The number of methoxy groups -OCH3 is 1. The third-order valence-corrected chi connectivity index (χ3v) is 3.25. The fraction of sp³-hybridized carbons (Fsp3) is 0.278. The van der Waals surface area contributed by atoms with E-state index in [0.717, 1.165) is 0 Å². The maximum Gasteiger partial charge on any atom is 0.248 e. The molecule has 1 amide bonds. The average molecular weight is 317 g/mol. The molecule has 0 aliphatic carbocycles. The van der Waals surface area contributed by atoms with Gasteiger partial charge in [0.2, 0.25) is 5.91 Å². The van der Waals surface area contributed by atoms with Crippen LogP contribution >= 0.6 is 0 Å². The summed E-state index contributed by atoms with van der Waals surface area (Å²) in [6, 6.07) is 9.20. The number of halogens is 1. The van der Waals surface area contributed by atoms with E-state index in [0.29, 0.717) is 40.7 Å². The van der Waals surface area contributed by atoms with Crippen LogP contribution in [0.25, 0.3) is 11.1 Å².